The number of benzene rings is 2. The normalized spacial score (nSPS) is 13.7. The van der Waals surface area contributed by atoms with Gasteiger partial charge in [0.05, 0.1) is 0 Å². The smallest absolute Gasteiger partial charge is 0.408 e. The SMILES string of the molecule is CCC(C)N(C(=O)CNC(=O)OC(C)(C)C)C(C(=O)NC(Cc1ccccc1)C(=O)OC(C)(C)C)c1c(C)cccc1C. The van der Waals surface area contributed by atoms with Gasteiger partial charge in [0.15, 0.2) is 0 Å². The van der Waals surface area contributed by atoms with Gasteiger partial charge in [-0.25, -0.2) is 9.59 Å². The van der Waals surface area contributed by atoms with Crippen molar-refractivity contribution in [2.24, 2.45) is 0 Å². The second kappa shape index (κ2) is 15.0. The maximum atomic E-state index is 14.4. The lowest BCUT2D eigenvalue weighted by Crippen LogP contribution is -2.54. The third-order valence-corrected chi connectivity index (χ3v) is 6.77. The number of nitrogens with zero attached hydrogens (tertiary/aromatic N) is 1. The molecule has 3 unspecified atom stereocenters. The summed E-state index contributed by atoms with van der Waals surface area (Å²) < 4.78 is 11.0. The van der Waals surface area contributed by atoms with Crippen LogP contribution in [-0.2, 0) is 30.3 Å². The van der Waals surface area contributed by atoms with Gasteiger partial charge in [0.25, 0.3) is 0 Å². The highest BCUT2D eigenvalue weighted by molar-refractivity contribution is 5.93. The minimum Gasteiger partial charge on any atom is -0.458 e. The van der Waals surface area contributed by atoms with Crippen molar-refractivity contribution in [2.75, 3.05) is 6.54 Å². The number of alkyl carbamates (subject to hydrolysis) is 1. The Kier molecular flexibility index (Phi) is 12.3. The Balaban J connectivity index is 2.56. The molecule has 2 aromatic carbocycles. The van der Waals surface area contributed by atoms with Gasteiger partial charge in [0.1, 0.15) is 29.8 Å². The lowest BCUT2D eigenvalue weighted by molar-refractivity contribution is -0.159. The molecule has 3 atom stereocenters. The summed E-state index contributed by atoms with van der Waals surface area (Å²) >= 11 is 0. The van der Waals surface area contributed by atoms with Gasteiger partial charge in [-0.05, 0) is 91.0 Å². The minimum atomic E-state index is -1.08. The molecule has 2 rings (SSSR count). The number of ether oxygens (including phenoxy) is 2. The maximum Gasteiger partial charge on any atom is 0.408 e. The number of hydrogen-bond acceptors (Lipinski definition) is 6. The Bertz CT molecular complexity index is 1240. The first-order valence-electron chi connectivity index (χ1n) is 14.8. The third-order valence-electron chi connectivity index (χ3n) is 6.77. The van der Waals surface area contributed by atoms with E-state index in [9.17, 15) is 19.2 Å². The zero-order valence-electron chi connectivity index (χ0n) is 27.4. The molecule has 0 heterocycles. The van der Waals surface area contributed by atoms with Crippen molar-refractivity contribution >= 4 is 23.9 Å². The van der Waals surface area contributed by atoms with Crippen molar-refractivity contribution in [3.05, 3.63) is 70.8 Å². The highest BCUT2D eigenvalue weighted by Gasteiger charge is 2.38. The van der Waals surface area contributed by atoms with Crippen molar-refractivity contribution in [1.82, 2.24) is 15.5 Å². The molecule has 9 nitrogen and oxygen atoms in total. The van der Waals surface area contributed by atoms with E-state index in [1.54, 1.807) is 41.5 Å². The van der Waals surface area contributed by atoms with Crippen LogP contribution in [0, 0.1) is 13.8 Å². The van der Waals surface area contributed by atoms with Crippen LogP contribution in [0.1, 0.15) is 90.1 Å². The van der Waals surface area contributed by atoms with Crippen LogP contribution in [0.3, 0.4) is 0 Å². The largest absolute Gasteiger partial charge is 0.458 e. The van der Waals surface area contributed by atoms with E-state index in [0.29, 0.717) is 12.0 Å². The molecule has 2 N–H and O–H groups in total. The van der Waals surface area contributed by atoms with Crippen LogP contribution < -0.4 is 10.6 Å². The van der Waals surface area contributed by atoms with E-state index in [2.05, 4.69) is 10.6 Å². The first kappa shape index (κ1) is 35.3. The topological polar surface area (TPSA) is 114 Å². The van der Waals surface area contributed by atoms with Gasteiger partial charge in [0.2, 0.25) is 11.8 Å². The van der Waals surface area contributed by atoms with Crippen LogP contribution in [0.5, 0.6) is 0 Å². The van der Waals surface area contributed by atoms with Gasteiger partial charge < -0.3 is 25.0 Å². The molecular weight excluding hydrogens is 546 g/mol. The number of esters is 1. The predicted octanol–water partition coefficient (Wildman–Crippen LogP) is 5.57. The van der Waals surface area contributed by atoms with Gasteiger partial charge >= 0.3 is 12.1 Å². The number of amides is 3. The molecule has 0 fully saturated rings. The molecule has 0 aliphatic carbocycles. The van der Waals surface area contributed by atoms with Crippen molar-refractivity contribution in [1.29, 1.82) is 0 Å². The van der Waals surface area contributed by atoms with Crippen LogP contribution >= 0.6 is 0 Å². The Labute approximate surface area is 256 Å². The summed E-state index contributed by atoms with van der Waals surface area (Å²) in [5.74, 6) is -1.55. The molecule has 0 aliphatic heterocycles. The average Bonchev–Trinajstić information content (AvgIpc) is 2.89. The number of carbonyl (C=O) groups is 4. The number of aryl methyl sites for hydroxylation is 2. The van der Waals surface area contributed by atoms with Gasteiger partial charge in [-0.1, -0.05) is 55.5 Å². The Morgan fingerprint density at radius 3 is 1.91 bits per heavy atom. The quantitative estimate of drug-likeness (QED) is 0.329. The highest BCUT2D eigenvalue weighted by atomic mass is 16.6. The van der Waals surface area contributed by atoms with E-state index >= 15 is 0 Å². The Morgan fingerprint density at radius 2 is 1.40 bits per heavy atom. The molecule has 0 spiro atoms. The number of carbonyl (C=O) groups excluding carboxylic acids is 4. The molecule has 0 aliphatic rings. The van der Waals surface area contributed by atoms with E-state index in [4.69, 9.17) is 9.47 Å². The van der Waals surface area contributed by atoms with E-state index < -0.39 is 47.2 Å². The fourth-order valence-corrected chi connectivity index (χ4v) is 4.72. The first-order chi connectivity index (χ1) is 19.9. The van der Waals surface area contributed by atoms with Crippen LogP contribution in [0.2, 0.25) is 0 Å². The monoisotopic (exact) mass is 595 g/mol. The number of rotatable bonds is 11. The second-order valence-corrected chi connectivity index (χ2v) is 12.9. The maximum absolute atomic E-state index is 14.4. The van der Waals surface area contributed by atoms with Crippen molar-refractivity contribution in [3.8, 4) is 0 Å². The Hall–Kier alpha value is -3.88. The molecule has 236 valence electrons. The van der Waals surface area contributed by atoms with E-state index in [0.717, 1.165) is 16.7 Å². The van der Waals surface area contributed by atoms with Crippen LogP contribution in [0.25, 0.3) is 0 Å². The van der Waals surface area contributed by atoms with Crippen molar-refractivity contribution in [3.63, 3.8) is 0 Å². The van der Waals surface area contributed by atoms with Crippen molar-refractivity contribution in [2.45, 2.75) is 111 Å². The molecule has 3 amide bonds. The molecule has 0 aromatic heterocycles. The summed E-state index contributed by atoms with van der Waals surface area (Å²) in [5.41, 5.74) is 1.64. The van der Waals surface area contributed by atoms with Crippen LogP contribution in [-0.4, -0.2) is 58.6 Å². The van der Waals surface area contributed by atoms with E-state index in [1.807, 2.05) is 76.2 Å². The Morgan fingerprint density at radius 1 is 0.837 bits per heavy atom. The summed E-state index contributed by atoms with van der Waals surface area (Å²) in [6.45, 7) is 17.7. The van der Waals surface area contributed by atoms with Crippen LogP contribution in [0.4, 0.5) is 4.79 Å². The number of nitrogens with one attached hydrogen (secondary N) is 2. The van der Waals surface area contributed by atoms with E-state index in [1.165, 1.54) is 4.90 Å². The zero-order valence-corrected chi connectivity index (χ0v) is 27.4. The van der Waals surface area contributed by atoms with Crippen molar-refractivity contribution < 1.29 is 28.7 Å². The lowest BCUT2D eigenvalue weighted by Gasteiger charge is -2.38. The average molecular weight is 596 g/mol. The summed E-state index contributed by atoms with van der Waals surface area (Å²) in [7, 11) is 0. The number of hydrogen-bond donors (Lipinski definition) is 2. The minimum absolute atomic E-state index is 0.207. The first-order valence-corrected chi connectivity index (χ1v) is 14.8. The summed E-state index contributed by atoms with van der Waals surface area (Å²) in [6.07, 6.45) is 0.0241. The predicted molar refractivity (Wildman–Crippen MR) is 167 cm³/mol. The second-order valence-electron chi connectivity index (χ2n) is 12.9. The molecule has 43 heavy (non-hydrogen) atoms. The van der Waals surface area contributed by atoms with Gasteiger partial charge in [-0.15, -0.1) is 0 Å². The molecule has 0 bridgehead atoms. The summed E-state index contributed by atoms with van der Waals surface area (Å²) in [6, 6.07) is 12.6. The van der Waals surface area contributed by atoms with Gasteiger partial charge in [0, 0.05) is 12.5 Å². The van der Waals surface area contributed by atoms with Gasteiger partial charge in [-0.2, -0.15) is 0 Å². The van der Waals surface area contributed by atoms with Gasteiger partial charge in [-0.3, -0.25) is 9.59 Å². The lowest BCUT2D eigenvalue weighted by atomic mass is 9.92. The third kappa shape index (κ3) is 11.0. The zero-order chi connectivity index (χ0) is 32.5. The standard InChI is InChI=1S/C34H49N3O6/c1-11-24(4)37(27(38)21-35-32(41)43-34(8,9)10)29(28-22(2)16-15-17-23(28)3)30(39)36-26(31(40)42-33(5,6)7)20-25-18-13-12-14-19-25/h12-19,24,26,29H,11,20-21H2,1-10H3,(H,35,41)(H,36,39). The highest BCUT2D eigenvalue weighted by Crippen LogP contribution is 2.30. The molecule has 9 heteroatoms. The molecule has 2 aromatic rings. The molecule has 0 radical (unpaired) electrons. The van der Waals surface area contributed by atoms with Crippen LogP contribution in [0.15, 0.2) is 48.5 Å². The van der Waals surface area contributed by atoms with E-state index in [-0.39, 0.29) is 19.0 Å². The molecular formula is C34H49N3O6. The fourth-order valence-electron chi connectivity index (χ4n) is 4.72. The summed E-state index contributed by atoms with van der Waals surface area (Å²) in [4.78, 5) is 55.5. The summed E-state index contributed by atoms with van der Waals surface area (Å²) in [5, 5.41) is 5.46. The fraction of sp³-hybridized carbons (Fsp3) is 0.529. The molecule has 0 saturated carbocycles. The molecule has 0 saturated heterocycles.